The number of anilines is 1. The number of nitrogens with zero attached hydrogens (tertiary/aromatic N) is 4. The van der Waals surface area contributed by atoms with E-state index in [1.807, 2.05) is 18.2 Å². The molecule has 0 radical (unpaired) electrons. The molecule has 0 spiro atoms. The summed E-state index contributed by atoms with van der Waals surface area (Å²) in [5.41, 5.74) is 4.55. The molecule has 1 aliphatic heterocycles. The van der Waals surface area contributed by atoms with E-state index in [9.17, 15) is 0 Å². The molecule has 0 bridgehead atoms. The van der Waals surface area contributed by atoms with Gasteiger partial charge >= 0.3 is 0 Å². The SMILES string of the molecule is Cc1ccc(C2=C[C@H](c3ccccc3)n3nnnc3N2)cc1. The van der Waals surface area contributed by atoms with Crippen LogP contribution in [0, 0.1) is 6.92 Å². The summed E-state index contributed by atoms with van der Waals surface area (Å²) >= 11 is 0. The summed E-state index contributed by atoms with van der Waals surface area (Å²) in [5, 5.41) is 15.3. The third kappa shape index (κ3) is 2.16. The van der Waals surface area contributed by atoms with Crippen LogP contribution in [0.15, 0.2) is 60.7 Å². The zero-order valence-corrected chi connectivity index (χ0v) is 12.1. The van der Waals surface area contributed by atoms with Crippen molar-refractivity contribution in [1.82, 2.24) is 20.2 Å². The molecule has 4 rings (SSSR count). The molecule has 1 atom stereocenters. The summed E-state index contributed by atoms with van der Waals surface area (Å²) in [5.74, 6) is 0.659. The molecule has 5 nitrogen and oxygen atoms in total. The van der Waals surface area contributed by atoms with Crippen LogP contribution in [-0.4, -0.2) is 20.2 Å². The quantitative estimate of drug-likeness (QED) is 0.788. The van der Waals surface area contributed by atoms with Gasteiger partial charge in [-0.3, -0.25) is 0 Å². The zero-order valence-electron chi connectivity index (χ0n) is 12.1. The van der Waals surface area contributed by atoms with Crippen molar-refractivity contribution in [3.8, 4) is 0 Å². The van der Waals surface area contributed by atoms with Gasteiger partial charge in [0.05, 0.1) is 0 Å². The van der Waals surface area contributed by atoms with Gasteiger partial charge < -0.3 is 5.32 Å². The fraction of sp³-hybridized carbons (Fsp3) is 0.118. The van der Waals surface area contributed by atoms with E-state index >= 15 is 0 Å². The van der Waals surface area contributed by atoms with E-state index in [0.717, 1.165) is 16.8 Å². The highest BCUT2D eigenvalue weighted by molar-refractivity contribution is 5.77. The van der Waals surface area contributed by atoms with Crippen molar-refractivity contribution in [1.29, 1.82) is 0 Å². The monoisotopic (exact) mass is 289 g/mol. The van der Waals surface area contributed by atoms with Crippen LogP contribution in [0.2, 0.25) is 0 Å². The van der Waals surface area contributed by atoms with Gasteiger partial charge in [0.1, 0.15) is 6.04 Å². The molecule has 2 aromatic carbocycles. The fourth-order valence-electron chi connectivity index (χ4n) is 2.64. The van der Waals surface area contributed by atoms with E-state index in [1.165, 1.54) is 5.56 Å². The lowest BCUT2D eigenvalue weighted by molar-refractivity contribution is 0.586. The number of benzene rings is 2. The Kier molecular flexibility index (Phi) is 2.96. The first-order valence-corrected chi connectivity index (χ1v) is 7.20. The second kappa shape index (κ2) is 5.11. The summed E-state index contributed by atoms with van der Waals surface area (Å²) < 4.78 is 1.80. The summed E-state index contributed by atoms with van der Waals surface area (Å²) in [6.45, 7) is 2.08. The van der Waals surface area contributed by atoms with Crippen LogP contribution in [0.25, 0.3) is 5.70 Å². The molecule has 0 unspecified atom stereocenters. The van der Waals surface area contributed by atoms with Crippen LogP contribution >= 0.6 is 0 Å². The Morgan fingerprint density at radius 2 is 1.77 bits per heavy atom. The van der Waals surface area contributed by atoms with Crippen molar-refractivity contribution in [2.24, 2.45) is 0 Å². The molecule has 108 valence electrons. The Morgan fingerprint density at radius 3 is 2.55 bits per heavy atom. The molecule has 2 heterocycles. The number of allylic oxidation sites excluding steroid dienone is 1. The van der Waals surface area contributed by atoms with Gasteiger partial charge in [0.25, 0.3) is 0 Å². The molecule has 1 aromatic heterocycles. The number of aromatic nitrogens is 4. The molecule has 0 saturated heterocycles. The Morgan fingerprint density at radius 1 is 1.00 bits per heavy atom. The van der Waals surface area contributed by atoms with Crippen molar-refractivity contribution in [2.75, 3.05) is 5.32 Å². The van der Waals surface area contributed by atoms with E-state index < -0.39 is 0 Å². The first-order valence-electron chi connectivity index (χ1n) is 7.20. The first-order chi connectivity index (χ1) is 10.8. The zero-order chi connectivity index (χ0) is 14.9. The smallest absolute Gasteiger partial charge is 0.248 e. The number of tetrazole rings is 1. The minimum Gasteiger partial charge on any atom is -0.323 e. The van der Waals surface area contributed by atoms with Gasteiger partial charge in [-0.25, -0.2) is 0 Å². The normalized spacial score (nSPS) is 16.6. The van der Waals surface area contributed by atoms with Crippen molar-refractivity contribution in [3.05, 3.63) is 77.4 Å². The fourth-order valence-corrected chi connectivity index (χ4v) is 2.64. The molecule has 1 N–H and O–H groups in total. The minimum absolute atomic E-state index is 0.0104. The average Bonchev–Trinajstić information content (AvgIpc) is 3.04. The largest absolute Gasteiger partial charge is 0.323 e. The van der Waals surface area contributed by atoms with Crippen LogP contribution in [0.3, 0.4) is 0 Å². The highest BCUT2D eigenvalue weighted by Gasteiger charge is 2.23. The van der Waals surface area contributed by atoms with E-state index in [4.69, 9.17) is 0 Å². The standard InChI is InChI=1S/C17H15N5/c1-12-7-9-13(10-8-12)15-11-16(14-5-3-2-4-6-14)22-17(18-15)19-20-21-22/h2-11,16H,1H3,(H,18,19,21)/t16-/m1/s1. The maximum Gasteiger partial charge on any atom is 0.248 e. The molecular formula is C17H15N5. The maximum atomic E-state index is 4.11. The molecule has 0 fully saturated rings. The Hall–Kier alpha value is -2.95. The number of aryl methyl sites for hydroxylation is 1. The van der Waals surface area contributed by atoms with Gasteiger partial charge in [0.2, 0.25) is 5.95 Å². The summed E-state index contributed by atoms with van der Waals surface area (Å²) in [7, 11) is 0. The lowest BCUT2D eigenvalue weighted by Crippen LogP contribution is -2.20. The number of hydrogen-bond acceptors (Lipinski definition) is 4. The number of hydrogen-bond donors (Lipinski definition) is 1. The highest BCUT2D eigenvalue weighted by Crippen LogP contribution is 2.31. The van der Waals surface area contributed by atoms with Gasteiger partial charge in [-0.05, 0) is 34.6 Å². The molecule has 3 aromatic rings. The van der Waals surface area contributed by atoms with Crippen molar-refractivity contribution in [2.45, 2.75) is 13.0 Å². The Bertz CT molecular complexity index is 818. The summed E-state index contributed by atoms with van der Waals surface area (Å²) in [4.78, 5) is 0. The van der Waals surface area contributed by atoms with Crippen molar-refractivity contribution >= 4 is 11.6 Å². The molecular weight excluding hydrogens is 274 g/mol. The molecule has 0 aliphatic carbocycles. The Labute approximate surface area is 128 Å². The predicted molar refractivity (Wildman–Crippen MR) is 85.2 cm³/mol. The van der Waals surface area contributed by atoms with Crippen molar-refractivity contribution in [3.63, 3.8) is 0 Å². The summed E-state index contributed by atoms with van der Waals surface area (Å²) in [6.07, 6.45) is 2.16. The van der Waals surface area contributed by atoms with Gasteiger partial charge in [0, 0.05) is 5.70 Å². The number of rotatable bonds is 2. The predicted octanol–water partition coefficient (Wildman–Crippen LogP) is 3.04. The van der Waals surface area contributed by atoms with Gasteiger partial charge in [-0.1, -0.05) is 65.3 Å². The summed E-state index contributed by atoms with van der Waals surface area (Å²) in [6, 6.07) is 18.7. The van der Waals surface area contributed by atoms with Crippen LogP contribution in [0.4, 0.5) is 5.95 Å². The molecule has 0 saturated carbocycles. The second-order valence-electron chi connectivity index (χ2n) is 5.37. The van der Waals surface area contributed by atoms with Gasteiger partial charge in [-0.2, -0.15) is 4.68 Å². The highest BCUT2D eigenvalue weighted by atomic mass is 15.6. The average molecular weight is 289 g/mol. The van der Waals surface area contributed by atoms with Crippen LogP contribution < -0.4 is 5.32 Å². The van der Waals surface area contributed by atoms with Crippen LogP contribution in [0.1, 0.15) is 22.7 Å². The second-order valence-corrected chi connectivity index (χ2v) is 5.37. The lowest BCUT2D eigenvalue weighted by Gasteiger charge is -2.23. The third-order valence-corrected chi connectivity index (χ3v) is 3.83. The van der Waals surface area contributed by atoms with E-state index in [0.29, 0.717) is 5.95 Å². The van der Waals surface area contributed by atoms with Crippen LogP contribution in [0.5, 0.6) is 0 Å². The van der Waals surface area contributed by atoms with Crippen molar-refractivity contribution < 1.29 is 0 Å². The van der Waals surface area contributed by atoms with Gasteiger partial charge in [0.15, 0.2) is 0 Å². The topological polar surface area (TPSA) is 55.6 Å². The number of fused-ring (bicyclic) bond motifs is 1. The van der Waals surface area contributed by atoms with Gasteiger partial charge in [-0.15, -0.1) is 0 Å². The number of nitrogens with one attached hydrogen (secondary N) is 1. The minimum atomic E-state index is -0.0104. The lowest BCUT2D eigenvalue weighted by atomic mass is 10.0. The molecule has 5 heteroatoms. The maximum absolute atomic E-state index is 4.11. The third-order valence-electron chi connectivity index (χ3n) is 3.83. The van der Waals surface area contributed by atoms with E-state index in [1.54, 1.807) is 4.68 Å². The molecule has 0 amide bonds. The van der Waals surface area contributed by atoms with E-state index in [-0.39, 0.29) is 6.04 Å². The molecule has 1 aliphatic rings. The Balaban J connectivity index is 1.81. The first kappa shape index (κ1) is 12.8. The van der Waals surface area contributed by atoms with E-state index in [2.05, 4.69) is 70.2 Å². The van der Waals surface area contributed by atoms with Crippen LogP contribution in [-0.2, 0) is 0 Å². The molecule has 22 heavy (non-hydrogen) atoms.